The van der Waals surface area contributed by atoms with E-state index in [4.69, 9.17) is 4.42 Å². The third-order valence-electron chi connectivity index (χ3n) is 3.95. The zero-order valence-electron chi connectivity index (χ0n) is 10.7. The predicted molar refractivity (Wildman–Crippen MR) is 71.5 cm³/mol. The Kier molecular flexibility index (Phi) is 2.26. The molecule has 0 radical (unpaired) electrons. The second kappa shape index (κ2) is 4.00. The third-order valence-corrected chi connectivity index (χ3v) is 3.95. The molecule has 20 heavy (non-hydrogen) atoms. The Morgan fingerprint density at radius 3 is 2.90 bits per heavy atom. The van der Waals surface area contributed by atoms with E-state index in [1.807, 2.05) is 0 Å². The monoisotopic (exact) mass is 271 g/mol. The Morgan fingerprint density at radius 2 is 2.10 bits per heavy atom. The van der Waals surface area contributed by atoms with Crippen LogP contribution in [0.15, 0.2) is 38.9 Å². The molecule has 1 aliphatic heterocycles. The Bertz CT molecular complexity index is 764. The van der Waals surface area contributed by atoms with Gasteiger partial charge >= 0.3 is 0 Å². The third kappa shape index (κ3) is 1.44. The number of ketones is 1. The number of furan rings is 1. The average Bonchev–Trinajstić information content (AvgIpc) is 3.08. The number of anilines is 1. The number of hydrogen-bond acceptors (Lipinski definition) is 4. The van der Waals surface area contributed by atoms with Crippen molar-refractivity contribution in [2.45, 2.75) is 25.2 Å². The van der Waals surface area contributed by atoms with Gasteiger partial charge in [-0.25, -0.2) is 0 Å². The highest BCUT2D eigenvalue weighted by molar-refractivity contribution is 6.00. The number of aromatic nitrogens is 2. The lowest BCUT2D eigenvalue weighted by atomic mass is 9.79. The quantitative estimate of drug-likeness (QED) is 0.738. The lowest BCUT2D eigenvalue weighted by Crippen LogP contribution is -2.28. The summed E-state index contributed by atoms with van der Waals surface area (Å²) >= 11 is 0. The van der Waals surface area contributed by atoms with Gasteiger partial charge in [0.2, 0.25) is 0 Å². The fourth-order valence-corrected chi connectivity index (χ4v) is 3.11. The Labute approximate surface area is 113 Å². The molecule has 102 valence electrons. The van der Waals surface area contributed by atoms with Gasteiger partial charge in [0.25, 0.3) is 5.56 Å². The first-order valence-corrected chi connectivity index (χ1v) is 6.63. The number of hydrogen-bond donors (Lipinski definition) is 3. The first-order chi connectivity index (χ1) is 9.75. The van der Waals surface area contributed by atoms with E-state index in [2.05, 4.69) is 15.5 Å². The maximum absolute atomic E-state index is 12.3. The van der Waals surface area contributed by atoms with Crippen molar-refractivity contribution < 1.29 is 9.21 Å². The molecule has 0 spiro atoms. The number of fused-ring (bicyclic) bond motifs is 1. The normalized spacial score (nSPS) is 21.4. The van der Waals surface area contributed by atoms with Crippen LogP contribution in [0.2, 0.25) is 0 Å². The maximum atomic E-state index is 12.3. The van der Waals surface area contributed by atoms with E-state index in [1.54, 1.807) is 18.4 Å². The molecule has 0 aromatic carbocycles. The van der Waals surface area contributed by atoms with Crippen LogP contribution in [0, 0.1) is 0 Å². The van der Waals surface area contributed by atoms with E-state index in [0.717, 1.165) is 18.5 Å². The van der Waals surface area contributed by atoms with Crippen LogP contribution in [0.5, 0.6) is 0 Å². The van der Waals surface area contributed by atoms with Crippen molar-refractivity contribution in [1.82, 2.24) is 10.2 Å². The molecule has 0 saturated heterocycles. The van der Waals surface area contributed by atoms with Crippen molar-refractivity contribution >= 4 is 11.6 Å². The Hall–Kier alpha value is -2.50. The molecule has 2 aromatic heterocycles. The second-order valence-corrected chi connectivity index (χ2v) is 5.11. The molecular formula is C14H13N3O3. The molecule has 0 saturated carbocycles. The van der Waals surface area contributed by atoms with Crippen LogP contribution in [-0.2, 0) is 4.79 Å². The lowest BCUT2D eigenvalue weighted by molar-refractivity contribution is -0.116. The zero-order chi connectivity index (χ0) is 13.7. The van der Waals surface area contributed by atoms with Crippen molar-refractivity contribution in [2.75, 3.05) is 5.32 Å². The van der Waals surface area contributed by atoms with Crippen LogP contribution in [0.4, 0.5) is 5.82 Å². The minimum absolute atomic E-state index is 0.0893. The zero-order valence-corrected chi connectivity index (χ0v) is 10.7. The summed E-state index contributed by atoms with van der Waals surface area (Å²) in [6, 6.07) is 3.57. The van der Waals surface area contributed by atoms with Crippen LogP contribution >= 0.6 is 0 Å². The summed E-state index contributed by atoms with van der Waals surface area (Å²) in [5.74, 6) is 0.927. The molecule has 3 N–H and O–H groups in total. The SMILES string of the molecule is O=C1CCCC2=C1C(c1ccco1)c1c([nH][nH]c1=O)N2. The fraction of sp³-hybridized carbons (Fsp3) is 0.286. The van der Waals surface area contributed by atoms with Crippen LogP contribution < -0.4 is 10.9 Å². The molecule has 2 aliphatic rings. The van der Waals surface area contributed by atoms with Gasteiger partial charge in [-0.05, 0) is 25.0 Å². The van der Waals surface area contributed by atoms with Gasteiger partial charge < -0.3 is 9.73 Å². The Morgan fingerprint density at radius 1 is 1.20 bits per heavy atom. The standard InChI is InChI=1S/C14H13N3O3/c18-8-4-1-3-7-10(8)11(9-5-2-6-20-9)12-13(15-7)16-17-14(12)19/h2,5-6,11H,1,3-4H2,(H3,15,16,17,19). The van der Waals surface area contributed by atoms with Gasteiger partial charge in [-0.15, -0.1) is 0 Å². The number of carbonyl (C=O) groups is 1. The molecule has 0 fully saturated rings. The number of aromatic amines is 2. The van der Waals surface area contributed by atoms with E-state index < -0.39 is 5.92 Å². The van der Waals surface area contributed by atoms with E-state index in [0.29, 0.717) is 29.1 Å². The minimum Gasteiger partial charge on any atom is -0.468 e. The molecule has 1 unspecified atom stereocenters. The first kappa shape index (κ1) is 11.3. The summed E-state index contributed by atoms with van der Waals surface area (Å²) in [6.07, 6.45) is 3.73. The number of allylic oxidation sites excluding steroid dienone is 2. The number of nitrogens with one attached hydrogen (secondary N) is 3. The van der Waals surface area contributed by atoms with E-state index >= 15 is 0 Å². The van der Waals surface area contributed by atoms with Crippen LogP contribution in [0.3, 0.4) is 0 Å². The van der Waals surface area contributed by atoms with E-state index in [9.17, 15) is 9.59 Å². The van der Waals surface area contributed by atoms with Crippen molar-refractivity contribution in [1.29, 1.82) is 0 Å². The smallest absolute Gasteiger partial charge is 0.270 e. The van der Waals surface area contributed by atoms with E-state index in [1.165, 1.54) is 0 Å². The largest absolute Gasteiger partial charge is 0.468 e. The highest BCUT2D eigenvalue weighted by Crippen LogP contribution is 2.43. The summed E-state index contributed by atoms with van der Waals surface area (Å²) in [6.45, 7) is 0. The van der Waals surface area contributed by atoms with Gasteiger partial charge in [-0.1, -0.05) is 0 Å². The van der Waals surface area contributed by atoms with E-state index in [-0.39, 0.29) is 11.3 Å². The van der Waals surface area contributed by atoms with Crippen molar-refractivity contribution in [3.05, 3.63) is 51.3 Å². The molecule has 0 bridgehead atoms. The summed E-state index contributed by atoms with van der Waals surface area (Å²) < 4.78 is 5.47. The summed E-state index contributed by atoms with van der Waals surface area (Å²) in [7, 11) is 0. The first-order valence-electron chi connectivity index (χ1n) is 6.63. The van der Waals surface area contributed by atoms with Crippen LogP contribution in [0.1, 0.15) is 36.5 Å². The molecule has 2 aromatic rings. The number of rotatable bonds is 1. The topological polar surface area (TPSA) is 90.9 Å². The predicted octanol–water partition coefficient (Wildman–Crippen LogP) is 1.86. The fourth-order valence-electron chi connectivity index (χ4n) is 3.11. The highest BCUT2D eigenvalue weighted by atomic mass is 16.3. The molecule has 6 nitrogen and oxygen atoms in total. The minimum atomic E-state index is -0.418. The van der Waals surface area contributed by atoms with Crippen LogP contribution in [0.25, 0.3) is 0 Å². The molecule has 4 rings (SSSR count). The highest BCUT2D eigenvalue weighted by Gasteiger charge is 2.38. The van der Waals surface area contributed by atoms with Crippen molar-refractivity contribution in [3.63, 3.8) is 0 Å². The van der Waals surface area contributed by atoms with Gasteiger partial charge in [-0.2, -0.15) is 0 Å². The van der Waals surface area contributed by atoms with Gasteiger partial charge in [0.1, 0.15) is 11.6 Å². The Balaban J connectivity index is 1.99. The molecule has 6 heteroatoms. The summed E-state index contributed by atoms with van der Waals surface area (Å²) in [4.78, 5) is 24.4. The average molecular weight is 271 g/mol. The number of H-pyrrole nitrogens is 2. The van der Waals surface area contributed by atoms with Crippen molar-refractivity contribution in [3.8, 4) is 0 Å². The number of carbonyl (C=O) groups excluding carboxylic acids is 1. The van der Waals surface area contributed by atoms with Crippen molar-refractivity contribution in [2.24, 2.45) is 0 Å². The molecule has 3 heterocycles. The molecule has 1 atom stereocenters. The van der Waals surface area contributed by atoms with Gasteiger partial charge in [-0.3, -0.25) is 19.8 Å². The second-order valence-electron chi connectivity index (χ2n) is 5.11. The number of Topliss-reactive ketones (excluding diaryl/α,β-unsaturated/α-hetero) is 1. The van der Waals surface area contributed by atoms with Gasteiger partial charge in [0.15, 0.2) is 5.78 Å². The molecular weight excluding hydrogens is 258 g/mol. The maximum Gasteiger partial charge on any atom is 0.270 e. The van der Waals surface area contributed by atoms with Gasteiger partial charge in [0, 0.05) is 17.7 Å². The van der Waals surface area contributed by atoms with Gasteiger partial charge in [0.05, 0.1) is 17.7 Å². The summed E-state index contributed by atoms with van der Waals surface area (Å²) in [5, 5.41) is 8.58. The molecule has 0 amide bonds. The molecule has 1 aliphatic carbocycles. The summed E-state index contributed by atoms with van der Waals surface area (Å²) in [5.41, 5.74) is 1.86. The lowest BCUT2D eigenvalue weighted by Gasteiger charge is -2.29. The van der Waals surface area contributed by atoms with Crippen LogP contribution in [-0.4, -0.2) is 16.0 Å².